The summed E-state index contributed by atoms with van der Waals surface area (Å²) in [6, 6.07) is 3.43. The van der Waals surface area contributed by atoms with Gasteiger partial charge in [0, 0.05) is 0 Å². The maximum absolute atomic E-state index is 11.5. The first-order valence-corrected chi connectivity index (χ1v) is 5.47. The lowest BCUT2D eigenvalue weighted by molar-refractivity contribution is -0.143. The Hall–Kier alpha value is -1.29. The molecule has 0 aromatic carbocycles. The molecule has 0 aliphatic carbocycles. The van der Waals surface area contributed by atoms with E-state index in [-0.39, 0.29) is 12.0 Å². The second-order valence-electron chi connectivity index (χ2n) is 4.17. The van der Waals surface area contributed by atoms with Crippen LogP contribution in [0.5, 0.6) is 0 Å². The summed E-state index contributed by atoms with van der Waals surface area (Å²) in [5.74, 6) is 1.03. The van der Waals surface area contributed by atoms with Crippen molar-refractivity contribution in [3.05, 3.63) is 24.2 Å². The fourth-order valence-corrected chi connectivity index (χ4v) is 1.51. The number of carbonyl (C=O) groups excluding carboxylic acids is 1. The summed E-state index contributed by atoms with van der Waals surface area (Å²) in [6.45, 7) is 4.69. The first-order chi connectivity index (χ1) is 7.63. The summed E-state index contributed by atoms with van der Waals surface area (Å²) in [5, 5.41) is 3.14. The molecule has 1 atom stereocenters. The van der Waals surface area contributed by atoms with Gasteiger partial charge in [0.05, 0.1) is 19.9 Å². The minimum Gasteiger partial charge on any atom is -0.468 e. The fourth-order valence-electron chi connectivity index (χ4n) is 1.51. The molecule has 90 valence electrons. The highest BCUT2D eigenvalue weighted by Crippen LogP contribution is 2.08. The Bertz CT molecular complexity index is 306. The van der Waals surface area contributed by atoms with Crippen LogP contribution >= 0.6 is 0 Å². The van der Waals surface area contributed by atoms with Gasteiger partial charge in [0.15, 0.2) is 0 Å². The minimum atomic E-state index is -0.268. The van der Waals surface area contributed by atoms with Crippen LogP contribution in [0, 0.1) is 5.92 Å². The summed E-state index contributed by atoms with van der Waals surface area (Å²) in [6.07, 6.45) is 2.37. The van der Waals surface area contributed by atoms with Gasteiger partial charge in [0.25, 0.3) is 0 Å². The van der Waals surface area contributed by atoms with Crippen LogP contribution in [0.3, 0.4) is 0 Å². The number of hydrogen-bond acceptors (Lipinski definition) is 4. The van der Waals surface area contributed by atoms with Crippen LogP contribution in [0.25, 0.3) is 0 Å². The van der Waals surface area contributed by atoms with E-state index in [2.05, 4.69) is 19.2 Å². The zero-order chi connectivity index (χ0) is 12.0. The molecule has 4 heteroatoms. The number of hydrogen-bond donors (Lipinski definition) is 1. The number of ether oxygens (including phenoxy) is 1. The summed E-state index contributed by atoms with van der Waals surface area (Å²) in [5.41, 5.74) is 0. The van der Waals surface area contributed by atoms with Gasteiger partial charge >= 0.3 is 5.97 Å². The Labute approximate surface area is 96.0 Å². The third-order valence-corrected chi connectivity index (χ3v) is 2.30. The molecule has 0 radical (unpaired) electrons. The molecule has 1 heterocycles. The monoisotopic (exact) mass is 225 g/mol. The lowest BCUT2D eigenvalue weighted by Gasteiger charge is -2.17. The van der Waals surface area contributed by atoms with Gasteiger partial charge in [-0.1, -0.05) is 13.8 Å². The number of carbonyl (C=O) groups is 1. The Morgan fingerprint density at radius 3 is 2.81 bits per heavy atom. The molecule has 0 amide bonds. The Balaban J connectivity index is 2.46. The largest absolute Gasteiger partial charge is 0.468 e. The van der Waals surface area contributed by atoms with Crippen molar-refractivity contribution in [1.29, 1.82) is 0 Å². The minimum absolute atomic E-state index is 0.222. The van der Waals surface area contributed by atoms with E-state index in [0.717, 1.165) is 12.2 Å². The molecule has 1 rings (SSSR count). The van der Waals surface area contributed by atoms with E-state index >= 15 is 0 Å². The van der Waals surface area contributed by atoms with Crippen molar-refractivity contribution in [1.82, 2.24) is 5.32 Å². The van der Waals surface area contributed by atoms with Crippen LogP contribution in [0.4, 0.5) is 0 Å². The van der Waals surface area contributed by atoms with Crippen LogP contribution in [0.2, 0.25) is 0 Å². The molecule has 0 bridgehead atoms. The molecule has 0 fully saturated rings. The highest BCUT2D eigenvalue weighted by Gasteiger charge is 2.19. The molecule has 1 N–H and O–H groups in total. The van der Waals surface area contributed by atoms with Gasteiger partial charge in [-0.15, -0.1) is 0 Å². The molecule has 0 saturated carbocycles. The molecule has 0 unspecified atom stereocenters. The van der Waals surface area contributed by atoms with Gasteiger partial charge in [-0.25, -0.2) is 0 Å². The van der Waals surface area contributed by atoms with Crippen molar-refractivity contribution in [3.63, 3.8) is 0 Å². The van der Waals surface area contributed by atoms with Gasteiger partial charge in [-0.3, -0.25) is 10.1 Å². The lowest BCUT2D eigenvalue weighted by atomic mass is 10.0. The SMILES string of the molecule is COC(=O)[C@H](CC(C)C)NCc1ccco1. The fraction of sp³-hybridized carbons (Fsp3) is 0.583. The Kier molecular flexibility index (Phi) is 5.05. The number of esters is 1. The highest BCUT2D eigenvalue weighted by atomic mass is 16.5. The van der Waals surface area contributed by atoms with Crippen molar-refractivity contribution in [3.8, 4) is 0 Å². The molecule has 1 aromatic rings. The normalized spacial score (nSPS) is 12.8. The zero-order valence-electron chi connectivity index (χ0n) is 10.0. The second-order valence-corrected chi connectivity index (χ2v) is 4.17. The van der Waals surface area contributed by atoms with Crippen molar-refractivity contribution in [2.75, 3.05) is 7.11 Å². The maximum Gasteiger partial charge on any atom is 0.322 e. The van der Waals surface area contributed by atoms with Crippen LogP contribution in [0.15, 0.2) is 22.8 Å². The van der Waals surface area contributed by atoms with E-state index in [0.29, 0.717) is 12.5 Å². The number of nitrogens with one attached hydrogen (secondary N) is 1. The lowest BCUT2D eigenvalue weighted by Crippen LogP contribution is -2.38. The van der Waals surface area contributed by atoms with Crippen LogP contribution < -0.4 is 5.32 Å². The average molecular weight is 225 g/mol. The molecular weight excluding hydrogens is 206 g/mol. The van der Waals surface area contributed by atoms with E-state index in [1.165, 1.54) is 7.11 Å². The molecular formula is C12H19NO3. The van der Waals surface area contributed by atoms with E-state index < -0.39 is 0 Å². The average Bonchev–Trinajstić information content (AvgIpc) is 2.75. The van der Waals surface area contributed by atoms with Crippen LogP contribution in [-0.4, -0.2) is 19.1 Å². The predicted molar refractivity (Wildman–Crippen MR) is 60.8 cm³/mol. The van der Waals surface area contributed by atoms with Gasteiger partial charge in [-0.2, -0.15) is 0 Å². The topological polar surface area (TPSA) is 51.5 Å². The maximum atomic E-state index is 11.5. The van der Waals surface area contributed by atoms with Crippen molar-refractivity contribution >= 4 is 5.97 Å². The summed E-state index contributed by atoms with van der Waals surface area (Å²) in [7, 11) is 1.41. The Morgan fingerprint density at radius 2 is 2.31 bits per heavy atom. The van der Waals surface area contributed by atoms with Crippen molar-refractivity contribution in [2.45, 2.75) is 32.9 Å². The van der Waals surface area contributed by atoms with Gasteiger partial charge in [-0.05, 0) is 24.5 Å². The molecule has 16 heavy (non-hydrogen) atoms. The van der Waals surface area contributed by atoms with Gasteiger partial charge < -0.3 is 9.15 Å². The third-order valence-electron chi connectivity index (χ3n) is 2.30. The quantitative estimate of drug-likeness (QED) is 0.752. The van der Waals surface area contributed by atoms with E-state index in [1.54, 1.807) is 6.26 Å². The predicted octanol–water partition coefficient (Wildman–Crippen LogP) is 1.96. The van der Waals surface area contributed by atoms with Crippen LogP contribution in [-0.2, 0) is 16.1 Å². The smallest absolute Gasteiger partial charge is 0.322 e. The van der Waals surface area contributed by atoms with E-state index in [9.17, 15) is 4.79 Å². The summed E-state index contributed by atoms with van der Waals surface area (Å²) < 4.78 is 9.94. The van der Waals surface area contributed by atoms with Crippen molar-refractivity contribution < 1.29 is 13.9 Å². The standard InChI is InChI=1S/C12H19NO3/c1-9(2)7-11(12(14)15-3)13-8-10-5-4-6-16-10/h4-6,9,11,13H,7-8H2,1-3H3/t11-/m0/s1. The van der Waals surface area contributed by atoms with Gasteiger partial charge in [0.1, 0.15) is 11.8 Å². The summed E-state index contributed by atoms with van der Waals surface area (Å²) in [4.78, 5) is 11.5. The van der Waals surface area contributed by atoms with Crippen molar-refractivity contribution in [2.24, 2.45) is 5.92 Å². The zero-order valence-corrected chi connectivity index (χ0v) is 10.0. The molecule has 4 nitrogen and oxygen atoms in total. The number of rotatable bonds is 6. The van der Waals surface area contributed by atoms with E-state index in [4.69, 9.17) is 9.15 Å². The Morgan fingerprint density at radius 1 is 1.56 bits per heavy atom. The second kappa shape index (κ2) is 6.33. The first-order valence-electron chi connectivity index (χ1n) is 5.47. The number of furan rings is 1. The van der Waals surface area contributed by atoms with E-state index in [1.807, 2.05) is 12.1 Å². The first kappa shape index (κ1) is 12.8. The molecule has 0 saturated heterocycles. The molecule has 0 aliphatic rings. The highest BCUT2D eigenvalue weighted by molar-refractivity contribution is 5.75. The third kappa shape index (κ3) is 4.06. The number of methoxy groups -OCH3 is 1. The van der Waals surface area contributed by atoms with Gasteiger partial charge in [0.2, 0.25) is 0 Å². The summed E-state index contributed by atoms with van der Waals surface area (Å²) >= 11 is 0. The molecule has 1 aromatic heterocycles. The molecule has 0 aliphatic heterocycles. The van der Waals surface area contributed by atoms with Crippen LogP contribution in [0.1, 0.15) is 26.0 Å². The molecule has 0 spiro atoms.